The molecule has 0 aliphatic carbocycles. The Morgan fingerprint density at radius 1 is 1.23 bits per heavy atom. The van der Waals surface area contributed by atoms with Crippen LogP contribution in [0.3, 0.4) is 0 Å². The van der Waals surface area contributed by atoms with Crippen molar-refractivity contribution in [2.75, 3.05) is 19.6 Å². The standard InChI is InChI=1S/C22H26N4O4S/c1-14-21(15(2)30-24-14)31(28,29)26-10-5-6-16(12-26)22(27)25-11-9-20-18(13-25)17-7-3-4-8-19(17)23-20/h3-4,7-8,16,23H,5-6,9-13H2,1-2H3/t16-/m0/s1. The fourth-order valence-corrected chi connectivity index (χ4v) is 6.76. The van der Waals surface area contributed by atoms with Crippen molar-refractivity contribution in [3.05, 3.63) is 47.0 Å². The van der Waals surface area contributed by atoms with E-state index in [1.54, 1.807) is 13.8 Å². The highest BCUT2D eigenvalue weighted by Crippen LogP contribution is 2.31. The number of fused-ring (bicyclic) bond motifs is 3. The normalized spacial score (nSPS) is 20.2. The van der Waals surface area contributed by atoms with E-state index in [2.05, 4.69) is 22.3 Å². The lowest BCUT2D eigenvalue weighted by molar-refractivity contribution is -0.137. The Labute approximate surface area is 181 Å². The Balaban J connectivity index is 1.36. The summed E-state index contributed by atoms with van der Waals surface area (Å²) < 4.78 is 32.9. The van der Waals surface area contributed by atoms with Crippen molar-refractivity contribution in [1.82, 2.24) is 19.3 Å². The van der Waals surface area contributed by atoms with Crippen LogP contribution in [0.5, 0.6) is 0 Å². The molecule has 9 heteroatoms. The van der Waals surface area contributed by atoms with E-state index >= 15 is 0 Å². The molecule has 5 rings (SSSR count). The molecule has 2 aliphatic rings. The molecule has 1 fully saturated rings. The van der Waals surface area contributed by atoms with E-state index in [-0.39, 0.29) is 29.0 Å². The van der Waals surface area contributed by atoms with Gasteiger partial charge in [-0.3, -0.25) is 4.79 Å². The van der Waals surface area contributed by atoms with Crippen molar-refractivity contribution in [1.29, 1.82) is 0 Å². The molecule has 0 spiro atoms. The second kappa shape index (κ2) is 7.49. The molecule has 1 N–H and O–H groups in total. The molecule has 1 amide bonds. The van der Waals surface area contributed by atoms with Gasteiger partial charge in [0.1, 0.15) is 10.6 Å². The lowest BCUT2D eigenvalue weighted by Gasteiger charge is -2.35. The number of aromatic amines is 1. The molecule has 0 radical (unpaired) electrons. The molecular formula is C22H26N4O4S. The van der Waals surface area contributed by atoms with Gasteiger partial charge in [-0.2, -0.15) is 4.31 Å². The van der Waals surface area contributed by atoms with Gasteiger partial charge < -0.3 is 14.4 Å². The van der Waals surface area contributed by atoms with Gasteiger partial charge >= 0.3 is 0 Å². The van der Waals surface area contributed by atoms with Gasteiger partial charge in [-0.05, 0) is 32.8 Å². The number of H-pyrrole nitrogens is 1. The third-order valence-electron chi connectivity index (χ3n) is 6.49. The third-order valence-corrected chi connectivity index (χ3v) is 8.60. The number of rotatable bonds is 3. The Morgan fingerprint density at radius 2 is 2.03 bits per heavy atom. The van der Waals surface area contributed by atoms with E-state index in [1.807, 2.05) is 17.0 Å². The van der Waals surface area contributed by atoms with Crippen molar-refractivity contribution in [2.24, 2.45) is 5.92 Å². The maximum absolute atomic E-state index is 13.4. The molecule has 31 heavy (non-hydrogen) atoms. The van der Waals surface area contributed by atoms with E-state index in [9.17, 15) is 13.2 Å². The summed E-state index contributed by atoms with van der Waals surface area (Å²) in [5.74, 6) is -0.0146. The predicted octanol–water partition coefficient (Wildman–Crippen LogP) is 2.76. The highest BCUT2D eigenvalue weighted by Gasteiger charge is 2.38. The Hall–Kier alpha value is -2.65. The van der Waals surface area contributed by atoms with Crippen LogP contribution in [0.2, 0.25) is 0 Å². The first kappa shape index (κ1) is 20.3. The summed E-state index contributed by atoms with van der Waals surface area (Å²) in [5, 5.41) is 4.94. The topological polar surface area (TPSA) is 99.5 Å². The van der Waals surface area contributed by atoms with E-state index in [0.717, 1.165) is 17.3 Å². The first-order valence-electron chi connectivity index (χ1n) is 10.7. The van der Waals surface area contributed by atoms with E-state index in [1.165, 1.54) is 15.6 Å². The second-order valence-corrected chi connectivity index (χ2v) is 10.4. The Kier molecular flexibility index (Phi) is 4.90. The van der Waals surface area contributed by atoms with Gasteiger partial charge in [-0.25, -0.2) is 8.42 Å². The first-order chi connectivity index (χ1) is 14.9. The van der Waals surface area contributed by atoms with Gasteiger partial charge in [0.15, 0.2) is 5.76 Å². The number of piperidine rings is 1. The number of aromatic nitrogens is 2. The minimum absolute atomic E-state index is 0.0367. The van der Waals surface area contributed by atoms with Gasteiger partial charge in [0, 0.05) is 54.8 Å². The predicted molar refractivity (Wildman–Crippen MR) is 115 cm³/mol. The second-order valence-electron chi connectivity index (χ2n) is 8.49. The van der Waals surface area contributed by atoms with Crippen molar-refractivity contribution in [2.45, 2.75) is 44.6 Å². The van der Waals surface area contributed by atoms with Gasteiger partial charge in [0.25, 0.3) is 0 Å². The van der Waals surface area contributed by atoms with Crippen LogP contribution in [0, 0.1) is 19.8 Å². The van der Waals surface area contributed by atoms with Crippen molar-refractivity contribution >= 4 is 26.8 Å². The largest absolute Gasteiger partial charge is 0.360 e. The molecule has 1 atom stereocenters. The first-order valence-corrected chi connectivity index (χ1v) is 12.1. The Bertz CT molecular complexity index is 1240. The number of carbonyl (C=O) groups is 1. The maximum Gasteiger partial charge on any atom is 0.248 e. The third kappa shape index (κ3) is 3.36. The number of nitrogens with one attached hydrogen (secondary N) is 1. The molecule has 4 heterocycles. The summed E-state index contributed by atoms with van der Waals surface area (Å²) in [7, 11) is -3.74. The zero-order valence-electron chi connectivity index (χ0n) is 17.7. The van der Waals surface area contributed by atoms with E-state index < -0.39 is 10.0 Å². The lowest BCUT2D eigenvalue weighted by Crippen LogP contribution is -2.47. The molecule has 2 aliphatic heterocycles. The zero-order chi connectivity index (χ0) is 21.8. The number of aryl methyl sites for hydroxylation is 2. The van der Waals surface area contributed by atoms with Gasteiger partial charge in [0.2, 0.25) is 15.9 Å². The van der Waals surface area contributed by atoms with E-state index in [0.29, 0.717) is 38.2 Å². The molecule has 0 unspecified atom stereocenters. The van der Waals surface area contributed by atoms with Crippen LogP contribution in [0.4, 0.5) is 0 Å². The number of amides is 1. The Morgan fingerprint density at radius 3 is 2.81 bits per heavy atom. The molecule has 2 aromatic heterocycles. The van der Waals surface area contributed by atoms with E-state index in [4.69, 9.17) is 4.52 Å². The SMILES string of the molecule is Cc1noc(C)c1S(=O)(=O)N1CCC[C@H](C(=O)N2CCc3[nH]c4ccccc4c3C2)C1. The molecule has 0 bridgehead atoms. The zero-order valence-corrected chi connectivity index (χ0v) is 18.5. The maximum atomic E-state index is 13.4. The lowest BCUT2D eigenvalue weighted by atomic mass is 9.96. The minimum atomic E-state index is -3.74. The smallest absolute Gasteiger partial charge is 0.248 e. The summed E-state index contributed by atoms with van der Waals surface area (Å²) in [5.41, 5.74) is 3.81. The molecule has 164 valence electrons. The van der Waals surface area contributed by atoms with Gasteiger partial charge in [-0.1, -0.05) is 23.4 Å². The van der Waals surface area contributed by atoms with Gasteiger partial charge in [0.05, 0.1) is 5.92 Å². The average Bonchev–Trinajstić information content (AvgIpc) is 3.32. The average molecular weight is 443 g/mol. The minimum Gasteiger partial charge on any atom is -0.360 e. The van der Waals surface area contributed by atoms with Crippen LogP contribution in [0.15, 0.2) is 33.7 Å². The number of nitrogens with zero attached hydrogens (tertiary/aromatic N) is 3. The molecule has 8 nitrogen and oxygen atoms in total. The number of hydrogen-bond acceptors (Lipinski definition) is 5. The molecule has 1 saturated heterocycles. The van der Waals surface area contributed by atoms with Crippen LogP contribution in [0.25, 0.3) is 10.9 Å². The molecule has 3 aromatic rings. The molecule has 0 saturated carbocycles. The summed E-state index contributed by atoms with van der Waals surface area (Å²) in [4.78, 5) is 18.9. The number of para-hydroxylation sites is 1. The number of benzene rings is 1. The fraction of sp³-hybridized carbons (Fsp3) is 0.455. The van der Waals surface area contributed by atoms with Crippen molar-refractivity contribution in [3.63, 3.8) is 0 Å². The fourth-order valence-electron chi connectivity index (χ4n) is 4.95. The molecule has 1 aromatic carbocycles. The van der Waals surface area contributed by atoms with Crippen LogP contribution >= 0.6 is 0 Å². The summed E-state index contributed by atoms with van der Waals surface area (Å²) in [6, 6.07) is 8.15. The number of carbonyl (C=O) groups excluding carboxylic acids is 1. The van der Waals surface area contributed by atoms with Crippen molar-refractivity contribution < 1.29 is 17.7 Å². The van der Waals surface area contributed by atoms with Crippen LogP contribution in [-0.2, 0) is 27.8 Å². The number of sulfonamides is 1. The monoisotopic (exact) mass is 442 g/mol. The summed E-state index contributed by atoms with van der Waals surface area (Å²) in [6.45, 7) is 5.04. The van der Waals surface area contributed by atoms with Crippen LogP contribution in [-0.4, -0.2) is 53.3 Å². The summed E-state index contributed by atoms with van der Waals surface area (Å²) in [6.07, 6.45) is 2.14. The highest BCUT2D eigenvalue weighted by molar-refractivity contribution is 7.89. The quantitative estimate of drug-likeness (QED) is 0.672. The van der Waals surface area contributed by atoms with Crippen LogP contribution in [0.1, 0.15) is 35.6 Å². The molecular weight excluding hydrogens is 416 g/mol. The number of hydrogen-bond donors (Lipinski definition) is 1. The van der Waals surface area contributed by atoms with Gasteiger partial charge in [-0.15, -0.1) is 0 Å². The highest BCUT2D eigenvalue weighted by atomic mass is 32.2. The van der Waals surface area contributed by atoms with Crippen molar-refractivity contribution in [3.8, 4) is 0 Å². The summed E-state index contributed by atoms with van der Waals surface area (Å²) >= 11 is 0. The van der Waals surface area contributed by atoms with Crippen LogP contribution < -0.4 is 0 Å².